The van der Waals surface area contributed by atoms with Crippen LogP contribution in [0.1, 0.15) is 18.4 Å². The molecule has 6 nitrogen and oxygen atoms in total. The summed E-state index contributed by atoms with van der Waals surface area (Å²) in [6, 6.07) is 7.69. The number of hydrogen-bond donors (Lipinski definition) is 2. The number of likely N-dealkylation sites (tertiary alicyclic amines) is 1. The van der Waals surface area contributed by atoms with Crippen LogP contribution in [0.25, 0.3) is 0 Å². The number of nitrogens with one attached hydrogen (secondary N) is 1. The number of carbonyl (C=O) groups excluding carboxylic acids is 1. The van der Waals surface area contributed by atoms with E-state index in [2.05, 4.69) is 5.32 Å². The number of hydrogen-bond acceptors (Lipinski definition) is 3. The van der Waals surface area contributed by atoms with Crippen molar-refractivity contribution in [3.05, 3.63) is 29.8 Å². The van der Waals surface area contributed by atoms with Crippen molar-refractivity contribution in [2.45, 2.75) is 19.3 Å². The van der Waals surface area contributed by atoms with Gasteiger partial charge in [0.25, 0.3) is 0 Å². The number of aliphatic carboxylic acids is 1. The summed E-state index contributed by atoms with van der Waals surface area (Å²) in [6.07, 6.45) is 2.22. The van der Waals surface area contributed by atoms with Crippen LogP contribution in [0.3, 0.4) is 0 Å². The number of rotatable bonds is 6. The lowest BCUT2D eigenvalue weighted by Gasteiger charge is -2.16. The van der Waals surface area contributed by atoms with Gasteiger partial charge in [0.15, 0.2) is 0 Å². The van der Waals surface area contributed by atoms with Crippen LogP contribution in [-0.2, 0) is 11.2 Å². The van der Waals surface area contributed by atoms with E-state index < -0.39 is 11.9 Å². The maximum atomic E-state index is 11.9. The minimum Gasteiger partial charge on any atom is -0.497 e. The van der Waals surface area contributed by atoms with Crippen molar-refractivity contribution in [1.82, 2.24) is 10.2 Å². The lowest BCUT2D eigenvalue weighted by molar-refractivity contribution is -0.141. The van der Waals surface area contributed by atoms with Gasteiger partial charge in [-0.2, -0.15) is 0 Å². The normalized spacial score (nSPS) is 17.3. The largest absolute Gasteiger partial charge is 0.497 e. The molecule has 1 atom stereocenters. The van der Waals surface area contributed by atoms with Crippen LogP contribution >= 0.6 is 0 Å². The van der Waals surface area contributed by atoms with E-state index in [9.17, 15) is 9.59 Å². The second-order valence-corrected chi connectivity index (χ2v) is 5.46. The van der Waals surface area contributed by atoms with Crippen LogP contribution in [-0.4, -0.2) is 48.8 Å². The molecule has 2 rings (SSSR count). The first-order chi connectivity index (χ1) is 10.6. The number of aryl methyl sites for hydroxylation is 1. The summed E-state index contributed by atoms with van der Waals surface area (Å²) < 4.78 is 5.17. The molecule has 1 aliphatic rings. The van der Waals surface area contributed by atoms with E-state index in [1.165, 1.54) is 5.56 Å². The van der Waals surface area contributed by atoms with Gasteiger partial charge in [-0.25, -0.2) is 4.79 Å². The molecule has 0 saturated carbocycles. The Hall–Kier alpha value is -2.24. The molecule has 1 fully saturated rings. The molecule has 1 aromatic carbocycles. The molecule has 2 N–H and O–H groups in total. The molecule has 6 heteroatoms. The zero-order valence-corrected chi connectivity index (χ0v) is 12.7. The van der Waals surface area contributed by atoms with Gasteiger partial charge in [-0.1, -0.05) is 12.1 Å². The highest BCUT2D eigenvalue weighted by molar-refractivity contribution is 5.77. The van der Waals surface area contributed by atoms with Gasteiger partial charge in [-0.15, -0.1) is 0 Å². The molecule has 1 unspecified atom stereocenters. The quantitative estimate of drug-likeness (QED) is 0.785. The average molecular weight is 306 g/mol. The predicted molar refractivity (Wildman–Crippen MR) is 82.0 cm³/mol. The highest BCUT2D eigenvalue weighted by Crippen LogP contribution is 2.16. The van der Waals surface area contributed by atoms with E-state index in [-0.39, 0.29) is 6.03 Å². The SMILES string of the molecule is COc1cccc(CCCNC(=O)N2CCC(C(=O)O)C2)c1. The van der Waals surface area contributed by atoms with E-state index in [0.29, 0.717) is 26.1 Å². The fourth-order valence-electron chi connectivity index (χ4n) is 2.57. The molecule has 22 heavy (non-hydrogen) atoms. The summed E-state index contributed by atoms with van der Waals surface area (Å²) in [5.41, 5.74) is 1.17. The van der Waals surface area contributed by atoms with E-state index in [4.69, 9.17) is 9.84 Å². The highest BCUT2D eigenvalue weighted by atomic mass is 16.5. The number of carboxylic acids is 1. The van der Waals surface area contributed by atoms with Crippen LogP contribution in [0, 0.1) is 5.92 Å². The third-order valence-electron chi connectivity index (χ3n) is 3.88. The Kier molecular flexibility index (Phi) is 5.63. The molecule has 1 heterocycles. The molecule has 2 amide bonds. The Morgan fingerprint density at radius 2 is 2.27 bits per heavy atom. The predicted octanol–water partition coefficient (Wildman–Crippen LogP) is 1.74. The summed E-state index contributed by atoms with van der Waals surface area (Å²) in [5.74, 6) is -0.422. The summed E-state index contributed by atoms with van der Waals surface area (Å²) in [6.45, 7) is 1.39. The number of carboxylic acid groups (broad SMARTS) is 1. The number of nitrogens with zero attached hydrogens (tertiary/aromatic N) is 1. The van der Waals surface area contributed by atoms with Crippen molar-refractivity contribution in [3.8, 4) is 5.75 Å². The molecule has 120 valence electrons. The Bertz CT molecular complexity index is 533. The van der Waals surface area contributed by atoms with Gasteiger partial charge in [0, 0.05) is 19.6 Å². The second-order valence-electron chi connectivity index (χ2n) is 5.46. The van der Waals surface area contributed by atoms with Crippen molar-refractivity contribution in [2.75, 3.05) is 26.7 Å². The smallest absolute Gasteiger partial charge is 0.317 e. The van der Waals surface area contributed by atoms with Crippen molar-refractivity contribution in [2.24, 2.45) is 5.92 Å². The molecular formula is C16H22N2O4. The lowest BCUT2D eigenvalue weighted by atomic mass is 10.1. The molecule has 0 radical (unpaired) electrons. The van der Waals surface area contributed by atoms with E-state index >= 15 is 0 Å². The van der Waals surface area contributed by atoms with Gasteiger partial charge in [0.1, 0.15) is 5.75 Å². The number of amides is 2. The second kappa shape index (κ2) is 7.68. The van der Waals surface area contributed by atoms with E-state index in [0.717, 1.165) is 18.6 Å². The third kappa shape index (κ3) is 4.38. The number of urea groups is 1. The molecule has 0 spiro atoms. The maximum Gasteiger partial charge on any atom is 0.317 e. The molecule has 1 saturated heterocycles. The van der Waals surface area contributed by atoms with E-state index in [1.807, 2.05) is 24.3 Å². The fourth-order valence-corrected chi connectivity index (χ4v) is 2.57. The zero-order chi connectivity index (χ0) is 15.9. The summed E-state index contributed by atoms with van der Waals surface area (Å²) in [4.78, 5) is 24.4. The van der Waals surface area contributed by atoms with Gasteiger partial charge in [0.2, 0.25) is 0 Å². The third-order valence-corrected chi connectivity index (χ3v) is 3.88. The number of carbonyl (C=O) groups is 2. The number of benzene rings is 1. The van der Waals surface area contributed by atoms with Crippen LogP contribution in [0.2, 0.25) is 0 Å². The molecule has 0 aliphatic carbocycles. The molecule has 1 aliphatic heterocycles. The Balaban J connectivity index is 1.68. The first kappa shape index (κ1) is 16.1. The van der Waals surface area contributed by atoms with Gasteiger partial charge < -0.3 is 20.1 Å². The molecule has 0 aromatic heterocycles. The molecule has 1 aromatic rings. The Morgan fingerprint density at radius 3 is 2.95 bits per heavy atom. The topological polar surface area (TPSA) is 78.9 Å². The van der Waals surface area contributed by atoms with Crippen LogP contribution in [0.5, 0.6) is 5.75 Å². The summed E-state index contributed by atoms with van der Waals surface area (Å²) in [7, 11) is 1.64. The first-order valence-corrected chi connectivity index (χ1v) is 7.48. The van der Waals surface area contributed by atoms with Gasteiger partial charge >= 0.3 is 12.0 Å². The maximum absolute atomic E-state index is 11.9. The van der Waals surface area contributed by atoms with E-state index in [1.54, 1.807) is 12.0 Å². The number of ether oxygens (including phenoxy) is 1. The van der Waals surface area contributed by atoms with Crippen molar-refractivity contribution < 1.29 is 19.4 Å². The van der Waals surface area contributed by atoms with Crippen molar-refractivity contribution in [1.29, 1.82) is 0 Å². The first-order valence-electron chi connectivity index (χ1n) is 7.48. The average Bonchev–Trinajstić information content (AvgIpc) is 3.02. The zero-order valence-electron chi connectivity index (χ0n) is 12.7. The number of methoxy groups -OCH3 is 1. The Labute approximate surface area is 130 Å². The van der Waals surface area contributed by atoms with Crippen LogP contribution in [0.15, 0.2) is 24.3 Å². The monoisotopic (exact) mass is 306 g/mol. The molecular weight excluding hydrogens is 284 g/mol. The van der Waals surface area contributed by atoms with Gasteiger partial charge in [-0.3, -0.25) is 4.79 Å². The highest BCUT2D eigenvalue weighted by Gasteiger charge is 2.30. The summed E-state index contributed by atoms with van der Waals surface area (Å²) >= 11 is 0. The molecule has 0 bridgehead atoms. The minimum atomic E-state index is -0.826. The van der Waals surface area contributed by atoms with Crippen LogP contribution in [0.4, 0.5) is 4.79 Å². The van der Waals surface area contributed by atoms with Crippen molar-refractivity contribution >= 4 is 12.0 Å². The minimum absolute atomic E-state index is 0.172. The van der Waals surface area contributed by atoms with Gasteiger partial charge in [-0.05, 0) is 37.0 Å². The standard InChI is InChI=1S/C16H22N2O4/c1-22-14-6-2-4-12(10-14)5-3-8-17-16(21)18-9-7-13(11-18)15(19)20/h2,4,6,10,13H,3,5,7-9,11H2,1H3,(H,17,21)(H,19,20). The van der Waals surface area contributed by atoms with Crippen molar-refractivity contribution in [3.63, 3.8) is 0 Å². The van der Waals surface area contributed by atoms with Crippen LogP contribution < -0.4 is 10.1 Å². The fraction of sp³-hybridized carbons (Fsp3) is 0.500. The summed E-state index contributed by atoms with van der Waals surface area (Å²) in [5, 5.41) is 11.8. The lowest BCUT2D eigenvalue weighted by Crippen LogP contribution is -2.39. The van der Waals surface area contributed by atoms with Gasteiger partial charge in [0.05, 0.1) is 13.0 Å². The Morgan fingerprint density at radius 1 is 1.45 bits per heavy atom.